The minimum atomic E-state index is -0.427. The van der Waals surface area contributed by atoms with Gasteiger partial charge in [-0.2, -0.15) is 4.98 Å². The molecule has 160 valence electrons. The Morgan fingerprint density at radius 1 is 1.23 bits per heavy atom. The van der Waals surface area contributed by atoms with Crippen LogP contribution in [0.15, 0.2) is 24.4 Å². The van der Waals surface area contributed by atoms with Gasteiger partial charge >= 0.3 is 0 Å². The maximum Gasteiger partial charge on any atom is 0.273 e. The second kappa shape index (κ2) is 7.80. The molecular weight excluding hydrogens is 402 g/mol. The van der Waals surface area contributed by atoms with E-state index in [1.807, 2.05) is 6.07 Å². The number of carbonyl (C=O) groups excluding carboxylic acids is 2. The molecule has 2 fully saturated rings. The maximum atomic E-state index is 12.2. The normalized spacial score (nSPS) is 15.9. The predicted molar refractivity (Wildman–Crippen MR) is 110 cm³/mol. The zero-order chi connectivity index (χ0) is 21.4. The molecule has 0 atom stereocenters. The average Bonchev–Trinajstić information content (AvgIpc) is 3.51. The molecule has 1 saturated carbocycles. The van der Waals surface area contributed by atoms with Crippen molar-refractivity contribution in [1.82, 2.24) is 35.4 Å². The fourth-order valence-corrected chi connectivity index (χ4v) is 3.05. The number of pyridine rings is 1. The molecule has 0 unspecified atom stereocenters. The Bertz CT molecular complexity index is 1150. The largest absolute Gasteiger partial charge is 0.486 e. The van der Waals surface area contributed by atoms with Crippen LogP contribution in [0.2, 0.25) is 0 Å². The SMILES string of the molecule is CNC(=O)c1nnc(NC(=O)C2CC2)cc1Nc1nc2ccc(OC3CNC3)cn2n1. The number of nitrogens with zero attached hydrogens (tertiary/aromatic N) is 5. The first-order chi connectivity index (χ1) is 15.1. The summed E-state index contributed by atoms with van der Waals surface area (Å²) in [4.78, 5) is 28.7. The smallest absolute Gasteiger partial charge is 0.273 e. The molecule has 0 spiro atoms. The molecule has 0 aromatic carbocycles. The van der Waals surface area contributed by atoms with Crippen LogP contribution in [-0.2, 0) is 4.79 Å². The van der Waals surface area contributed by atoms with Gasteiger partial charge in [-0.15, -0.1) is 15.3 Å². The molecule has 1 aliphatic carbocycles. The van der Waals surface area contributed by atoms with E-state index in [2.05, 4.69) is 41.5 Å². The monoisotopic (exact) mass is 423 g/mol. The first-order valence-corrected chi connectivity index (χ1v) is 10.0. The Labute approximate surface area is 176 Å². The van der Waals surface area contributed by atoms with Crippen molar-refractivity contribution in [2.24, 2.45) is 5.92 Å². The van der Waals surface area contributed by atoms with Crippen molar-refractivity contribution in [3.8, 4) is 5.75 Å². The topological polar surface area (TPSA) is 147 Å². The predicted octanol–water partition coefficient (Wildman–Crippen LogP) is 0.322. The third kappa shape index (κ3) is 4.10. The molecular formula is C19H21N9O3. The Morgan fingerprint density at radius 2 is 2.06 bits per heavy atom. The van der Waals surface area contributed by atoms with Crippen molar-refractivity contribution in [3.63, 3.8) is 0 Å². The Hall–Kier alpha value is -3.80. The van der Waals surface area contributed by atoms with Crippen molar-refractivity contribution < 1.29 is 14.3 Å². The van der Waals surface area contributed by atoms with Crippen LogP contribution in [0, 0.1) is 5.92 Å². The highest BCUT2D eigenvalue weighted by molar-refractivity contribution is 5.99. The van der Waals surface area contributed by atoms with Crippen molar-refractivity contribution in [2.45, 2.75) is 18.9 Å². The van der Waals surface area contributed by atoms with Crippen LogP contribution in [0.3, 0.4) is 0 Å². The molecule has 2 amide bonds. The van der Waals surface area contributed by atoms with Gasteiger partial charge in [0.2, 0.25) is 11.9 Å². The lowest BCUT2D eigenvalue weighted by molar-refractivity contribution is -0.117. The highest BCUT2D eigenvalue weighted by Crippen LogP contribution is 2.30. The molecule has 1 aliphatic heterocycles. The summed E-state index contributed by atoms with van der Waals surface area (Å²) in [6, 6.07) is 5.18. The lowest BCUT2D eigenvalue weighted by Crippen LogP contribution is -2.50. The zero-order valence-electron chi connectivity index (χ0n) is 16.8. The second-order valence-corrected chi connectivity index (χ2v) is 7.46. The van der Waals surface area contributed by atoms with E-state index in [0.717, 1.165) is 25.9 Å². The average molecular weight is 423 g/mol. The summed E-state index contributed by atoms with van der Waals surface area (Å²) < 4.78 is 7.44. The van der Waals surface area contributed by atoms with Gasteiger partial charge in [-0.1, -0.05) is 0 Å². The third-order valence-electron chi connectivity index (χ3n) is 5.03. The van der Waals surface area contributed by atoms with Crippen LogP contribution in [0.25, 0.3) is 5.65 Å². The minimum absolute atomic E-state index is 0.0177. The van der Waals surface area contributed by atoms with Gasteiger partial charge in [0.25, 0.3) is 5.91 Å². The number of rotatable bonds is 7. The molecule has 31 heavy (non-hydrogen) atoms. The number of aromatic nitrogens is 5. The Kier molecular flexibility index (Phi) is 4.82. The first-order valence-electron chi connectivity index (χ1n) is 10.0. The van der Waals surface area contributed by atoms with Crippen LogP contribution in [0.5, 0.6) is 5.75 Å². The molecule has 0 bridgehead atoms. The first kappa shape index (κ1) is 19.2. The van der Waals surface area contributed by atoms with Crippen LogP contribution in [0.1, 0.15) is 23.3 Å². The van der Waals surface area contributed by atoms with Crippen molar-refractivity contribution in [2.75, 3.05) is 30.8 Å². The lowest BCUT2D eigenvalue weighted by Gasteiger charge is -2.27. The van der Waals surface area contributed by atoms with Crippen molar-refractivity contribution >= 4 is 34.9 Å². The standard InChI is InChI=1S/C19H21N9O3/c1-20-18(30)16-13(6-14(25-26-16)23-17(29)10-2-3-10)22-19-24-15-5-4-11(9-28(15)27-19)31-12-7-21-8-12/h4-6,9-10,12,21H,2-3,7-8H2,1H3,(H,20,30)(H2,22,23,25,27,29). The molecule has 12 heteroatoms. The summed E-state index contributed by atoms with van der Waals surface area (Å²) >= 11 is 0. The number of hydrogen-bond acceptors (Lipinski definition) is 9. The molecule has 5 rings (SSSR count). The molecule has 4 heterocycles. The summed E-state index contributed by atoms with van der Waals surface area (Å²) in [5.74, 6) is 0.693. The molecule has 3 aromatic heterocycles. The Balaban J connectivity index is 1.40. The number of fused-ring (bicyclic) bond motifs is 1. The Morgan fingerprint density at radius 3 is 2.77 bits per heavy atom. The summed E-state index contributed by atoms with van der Waals surface area (Å²) in [7, 11) is 1.50. The number of ether oxygens (including phenoxy) is 1. The molecule has 0 radical (unpaired) electrons. The summed E-state index contributed by atoms with van der Waals surface area (Å²) in [6.45, 7) is 1.64. The van der Waals surface area contributed by atoms with Gasteiger partial charge in [0.15, 0.2) is 17.2 Å². The van der Waals surface area contributed by atoms with Crippen molar-refractivity contribution in [1.29, 1.82) is 0 Å². The van der Waals surface area contributed by atoms with E-state index in [4.69, 9.17) is 4.74 Å². The highest BCUT2D eigenvalue weighted by atomic mass is 16.5. The van der Waals surface area contributed by atoms with Crippen LogP contribution >= 0.6 is 0 Å². The number of amides is 2. The van der Waals surface area contributed by atoms with E-state index in [-0.39, 0.29) is 35.4 Å². The summed E-state index contributed by atoms with van der Waals surface area (Å²) in [5, 5.41) is 23.7. The van der Waals surface area contributed by atoms with E-state index in [1.54, 1.807) is 22.8 Å². The number of carbonyl (C=O) groups is 2. The molecule has 1 saturated heterocycles. The number of anilines is 3. The van der Waals surface area contributed by atoms with Gasteiger partial charge in [0, 0.05) is 32.1 Å². The summed E-state index contributed by atoms with van der Waals surface area (Å²) in [5.41, 5.74) is 0.994. The fourth-order valence-electron chi connectivity index (χ4n) is 3.05. The molecule has 3 aromatic rings. The van der Waals surface area contributed by atoms with Crippen LogP contribution in [-0.4, -0.2) is 62.9 Å². The maximum absolute atomic E-state index is 12.2. The van der Waals surface area contributed by atoms with Gasteiger partial charge in [0.05, 0.1) is 11.9 Å². The second-order valence-electron chi connectivity index (χ2n) is 7.46. The van der Waals surface area contributed by atoms with Gasteiger partial charge in [0.1, 0.15) is 11.9 Å². The summed E-state index contributed by atoms with van der Waals surface area (Å²) in [6.07, 6.45) is 3.64. The quantitative estimate of drug-likeness (QED) is 0.422. The lowest BCUT2D eigenvalue weighted by atomic mass is 10.2. The van der Waals surface area contributed by atoms with E-state index in [1.165, 1.54) is 7.05 Å². The van der Waals surface area contributed by atoms with E-state index in [9.17, 15) is 9.59 Å². The third-order valence-corrected chi connectivity index (χ3v) is 5.03. The fraction of sp³-hybridized carbons (Fsp3) is 0.368. The van der Waals surface area contributed by atoms with Gasteiger partial charge in [-0.3, -0.25) is 9.59 Å². The van der Waals surface area contributed by atoms with E-state index >= 15 is 0 Å². The number of nitrogens with one attached hydrogen (secondary N) is 4. The minimum Gasteiger partial charge on any atom is -0.486 e. The number of hydrogen-bond donors (Lipinski definition) is 4. The van der Waals surface area contributed by atoms with Crippen LogP contribution in [0.4, 0.5) is 17.5 Å². The van der Waals surface area contributed by atoms with Gasteiger partial charge in [-0.25, -0.2) is 4.52 Å². The molecule has 4 N–H and O–H groups in total. The zero-order valence-corrected chi connectivity index (χ0v) is 16.8. The van der Waals surface area contributed by atoms with Gasteiger partial charge < -0.3 is 26.0 Å². The highest BCUT2D eigenvalue weighted by Gasteiger charge is 2.30. The molecule has 12 nitrogen and oxygen atoms in total. The molecule has 2 aliphatic rings. The van der Waals surface area contributed by atoms with E-state index < -0.39 is 5.91 Å². The van der Waals surface area contributed by atoms with E-state index in [0.29, 0.717) is 17.1 Å². The van der Waals surface area contributed by atoms with Gasteiger partial charge in [-0.05, 0) is 25.0 Å². The van der Waals surface area contributed by atoms with Crippen molar-refractivity contribution in [3.05, 3.63) is 30.1 Å². The van der Waals surface area contributed by atoms with Crippen LogP contribution < -0.4 is 26.0 Å².